The highest BCUT2D eigenvalue weighted by Gasteiger charge is 2.28. The number of benzene rings is 3. The second-order valence-electron chi connectivity index (χ2n) is 9.81. The van der Waals surface area contributed by atoms with Gasteiger partial charge >= 0.3 is 0 Å². The third-order valence-corrected chi connectivity index (χ3v) is 7.11. The number of nitrogens with one attached hydrogen (secondary N) is 2. The van der Waals surface area contributed by atoms with Gasteiger partial charge in [-0.3, -0.25) is 14.4 Å². The van der Waals surface area contributed by atoms with Gasteiger partial charge in [0.15, 0.2) is 5.78 Å². The Bertz CT molecular complexity index is 1420. The fourth-order valence-corrected chi connectivity index (χ4v) is 5.05. The molecule has 0 spiro atoms. The summed E-state index contributed by atoms with van der Waals surface area (Å²) in [6, 6.07) is 20.7. The lowest BCUT2D eigenvalue weighted by Crippen LogP contribution is -2.25. The van der Waals surface area contributed by atoms with E-state index in [1.54, 1.807) is 24.3 Å². The largest absolute Gasteiger partial charge is 0.352 e. The van der Waals surface area contributed by atoms with Gasteiger partial charge in [-0.05, 0) is 79.5 Å². The smallest absolute Gasteiger partial charge is 0.251 e. The van der Waals surface area contributed by atoms with Crippen molar-refractivity contribution in [3.63, 3.8) is 0 Å². The van der Waals surface area contributed by atoms with Crippen LogP contribution in [0.25, 0.3) is 11.1 Å². The fraction of sp³-hybridized carbons (Fsp3) is 0.242. The first-order valence-electron chi connectivity index (χ1n) is 13.4. The Labute approximate surface area is 223 Å². The summed E-state index contributed by atoms with van der Waals surface area (Å²) < 4.78 is 0. The summed E-state index contributed by atoms with van der Waals surface area (Å²) in [4.78, 5) is 38.7. The molecular weight excluding hydrogens is 472 g/mol. The molecule has 0 atom stereocenters. The van der Waals surface area contributed by atoms with Crippen molar-refractivity contribution in [1.29, 1.82) is 0 Å². The van der Waals surface area contributed by atoms with E-state index >= 15 is 0 Å². The third kappa shape index (κ3) is 5.83. The van der Waals surface area contributed by atoms with Gasteiger partial charge in [-0.2, -0.15) is 0 Å². The van der Waals surface area contributed by atoms with Gasteiger partial charge in [-0.1, -0.05) is 66.3 Å². The van der Waals surface area contributed by atoms with Gasteiger partial charge in [0.2, 0.25) is 0 Å². The van der Waals surface area contributed by atoms with Crippen LogP contribution in [-0.2, 0) is 6.42 Å². The second kappa shape index (κ2) is 11.9. The van der Waals surface area contributed by atoms with Crippen LogP contribution in [0.15, 0.2) is 90.5 Å². The summed E-state index contributed by atoms with van der Waals surface area (Å²) in [7, 11) is 0. The molecule has 3 aromatic rings. The minimum Gasteiger partial charge on any atom is -0.352 e. The Morgan fingerprint density at radius 1 is 0.684 bits per heavy atom. The molecule has 0 aromatic heterocycles. The van der Waals surface area contributed by atoms with E-state index in [1.807, 2.05) is 30.3 Å². The maximum Gasteiger partial charge on any atom is 0.251 e. The number of hydrogen-bond donors (Lipinski definition) is 2. The Morgan fingerprint density at radius 3 is 1.87 bits per heavy atom. The Balaban J connectivity index is 1.17. The van der Waals surface area contributed by atoms with Crippen LogP contribution in [0.5, 0.6) is 0 Å². The zero-order valence-electron chi connectivity index (χ0n) is 21.5. The Morgan fingerprint density at radius 2 is 1.29 bits per heavy atom. The van der Waals surface area contributed by atoms with E-state index in [0.29, 0.717) is 35.3 Å². The highest BCUT2D eigenvalue weighted by Crippen LogP contribution is 2.37. The summed E-state index contributed by atoms with van der Waals surface area (Å²) in [5, 5.41) is 5.93. The van der Waals surface area contributed by atoms with Crippen molar-refractivity contribution in [2.75, 3.05) is 13.1 Å². The molecule has 2 aliphatic rings. The number of carbonyl (C=O) groups excluding carboxylic acids is 3. The van der Waals surface area contributed by atoms with Crippen LogP contribution < -0.4 is 10.6 Å². The molecule has 0 saturated carbocycles. The second-order valence-corrected chi connectivity index (χ2v) is 9.81. The minimum atomic E-state index is -0.191. The molecule has 2 aliphatic carbocycles. The molecular formula is C33H32N2O3. The van der Waals surface area contributed by atoms with Crippen LogP contribution in [0.2, 0.25) is 0 Å². The number of carbonyl (C=O) groups is 3. The molecule has 3 aromatic carbocycles. The van der Waals surface area contributed by atoms with Crippen LogP contribution in [0, 0.1) is 0 Å². The van der Waals surface area contributed by atoms with Crippen LogP contribution in [0.1, 0.15) is 74.3 Å². The molecule has 5 rings (SSSR count). The Kier molecular flexibility index (Phi) is 7.93. The van der Waals surface area contributed by atoms with Crippen molar-refractivity contribution in [2.24, 2.45) is 0 Å². The van der Waals surface area contributed by atoms with Crippen molar-refractivity contribution in [3.05, 3.63) is 118 Å². The molecule has 0 radical (unpaired) electrons. The maximum absolute atomic E-state index is 13.2. The van der Waals surface area contributed by atoms with E-state index in [2.05, 4.69) is 41.0 Å². The first-order valence-corrected chi connectivity index (χ1v) is 13.4. The predicted molar refractivity (Wildman–Crippen MR) is 150 cm³/mol. The topological polar surface area (TPSA) is 75.3 Å². The van der Waals surface area contributed by atoms with E-state index in [0.717, 1.165) is 49.7 Å². The highest BCUT2D eigenvalue weighted by molar-refractivity contribution is 6.23. The van der Waals surface area contributed by atoms with Crippen molar-refractivity contribution in [3.8, 4) is 11.1 Å². The standard InChI is InChI=1S/C33H32N2O3/c36-31-29-21-25(32(37)34-19-7-13-23-9-3-1-4-10-23)15-17-27(29)28-18-16-26(22-30(28)31)33(38)35-20-8-14-24-11-5-2-6-12-24/h1,3-5,9-12,15-18,21-22H,2,6-8,13-14,19-20H2,(H,34,37)(H,35,38). The third-order valence-electron chi connectivity index (χ3n) is 7.11. The lowest BCUT2D eigenvalue weighted by atomic mass is 10.0. The molecule has 192 valence electrons. The van der Waals surface area contributed by atoms with Crippen LogP contribution in [-0.4, -0.2) is 30.7 Å². The summed E-state index contributed by atoms with van der Waals surface area (Å²) in [6.45, 7) is 1.14. The maximum atomic E-state index is 13.2. The molecule has 2 N–H and O–H groups in total. The first kappa shape index (κ1) is 25.4. The van der Waals surface area contributed by atoms with Gasteiger partial charge in [-0.15, -0.1) is 0 Å². The van der Waals surface area contributed by atoms with E-state index in [9.17, 15) is 14.4 Å². The molecule has 5 heteroatoms. The molecule has 0 saturated heterocycles. The van der Waals surface area contributed by atoms with Gasteiger partial charge in [0.25, 0.3) is 11.8 Å². The number of amides is 2. The summed E-state index contributed by atoms with van der Waals surface area (Å²) in [5.74, 6) is -0.524. The predicted octanol–water partition coefficient (Wildman–Crippen LogP) is 6.05. The molecule has 0 heterocycles. The zero-order valence-corrected chi connectivity index (χ0v) is 21.5. The van der Waals surface area contributed by atoms with Crippen LogP contribution >= 0.6 is 0 Å². The molecule has 0 fully saturated rings. The van der Waals surface area contributed by atoms with Crippen LogP contribution in [0.3, 0.4) is 0 Å². The number of rotatable bonds is 10. The molecule has 2 amide bonds. The quantitative estimate of drug-likeness (QED) is 0.258. The van der Waals surface area contributed by atoms with Gasteiger partial charge < -0.3 is 10.6 Å². The van der Waals surface area contributed by atoms with Gasteiger partial charge in [0.05, 0.1) is 0 Å². The number of hydrogen-bond acceptors (Lipinski definition) is 3. The minimum absolute atomic E-state index is 0.153. The van der Waals surface area contributed by atoms with Gasteiger partial charge in [-0.25, -0.2) is 0 Å². The summed E-state index contributed by atoms with van der Waals surface area (Å²) in [6.07, 6.45) is 12.3. The average Bonchev–Trinajstić information content (AvgIpc) is 3.25. The van der Waals surface area contributed by atoms with Crippen molar-refractivity contribution >= 4 is 17.6 Å². The van der Waals surface area contributed by atoms with Crippen molar-refractivity contribution in [1.82, 2.24) is 10.6 Å². The molecule has 0 unspecified atom stereocenters. The number of allylic oxidation sites excluding steroid dienone is 4. The van der Waals surface area contributed by atoms with Gasteiger partial charge in [0.1, 0.15) is 0 Å². The zero-order chi connectivity index (χ0) is 26.3. The SMILES string of the molecule is O=C(NCCCC1=CCCC=C1)c1ccc2c(c1)C(=O)c1cc(C(=O)NCCCc3ccccc3)ccc1-2. The monoisotopic (exact) mass is 504 g/mol. The number of aryl methyl sites for hydroxylation is 1. The van der Waals surface area contributed by atoms with Crippen LogP contribution in [0.4, 0.5) is 0 Å². The van der Waals surface area contributed by atoms with E-state index in [-0.39, 0.29) is 17.6 Å². The molecule has 38 heavy (non-hydrogen) atoms. The highest BCUT2D eigenvalue weighted by atomic mass is 16.2. The lowest BCUT2D eigenvalue weighted by molar-refractivity contribution is 0.0945. The van der Waals surface area contributed by atoms with E-state index in [1.165, 1.54) is 11.1 Å². The summed E-state index contributed by atoms with van der Waals surface area (Å²) >= 11 is 0. The van der Waals surface area contributed by atoms with Crippen molar-refractivity contribution < 1.29 is 14.4 Å². The lowest BCUT2D eigenvalue weighted by Gasteiger charge is -2.09. The molecule has 0 aliphatic heterocycles. The molecule has 5 nitrogen and oxygen atoms in total. The first-order chi connectivity index (χ1) is 18.6. The summed E-state index contributed by atoms with van der Waals surface area (Å²) in [5.41, 5.74) is 6.10. The molecule has 0 bridgehead atoms. The van der Waals surface area contributed by atoms with E-state index < -0.39 is 0 Å². The van der Waals surface area contributed by atoms with Crippen molar-refractivity contribution in [2.45, 2.75) is 38.5 Å². The Hall–Kier alpha value is -4.25. The van der Waals surface area contributed by atoms with Gasteiger partial charge in [0, 0.05) is 35.3 Å². The number of ketones is 1. The fourth-order valence-electron chi connectivity index (χ4n) is 5.05. The number of fused-ring (bicyclic) bond motifs is 3. The average molecular weight is 505 g/mol. The van der Waals surface area contributed by atoms with E-state index in [4.69, 9.17) is 0 Å². The normalized spacial score (nSPS) is 13.5.